The number of amides is 2. The molecular formula is C16H17ClN2O2S. The average Bonchev–Trinajstić information content (AvgIpc) is 2.90. The van der Waals surface area contributed by atoms with Crippen LogP contribution >= 0.6 is 22.9 Å². The van der Waals surface area contributed by atoms with E-state index < -0.39 is 0 Å². The van der Waals surface area contributed by atoms with Crippen molar-refractivity contribution in [1.82, 2.24) is 10.2 Å². The number of rotatable bonds is 5. The number of benzene rings is 1. The summed E-state index contributed by atoms with van der Waals surface area (Å²) in [7, 11) is 1.77. The maximum atomic E-state index is 12.4. The Morgan fingerprint density at radius 1 is 1.18 bits per heavy atom. The summed E-state index contributed by atoms with van der Waals surface area (Å²) in [5.74, 6) is -0.120. The van der Waals surface area contributed by atoms with E-state index in [1.165, 1.54) is 18.3 Å². The van der Waals surface area contributed by atoms with Crippen molar-refractivity contribution in [3.8, 4) is 0 Å². The Balaban J connectivity index is 1.97. The van der Waals surface area contributed by atoms with Gasteiger partial charge < -0.3 is 10.2 Å². The van der Waals surface area contributed by atoms with Gasteiger partial charge in [0, 0.05) is 31.0 Å². The zero-order chi connectivity index (χ0) is 16.1. The molecule has 0 bridgehead atoms. The van der Waals surface area contributed by atoms with Crippen LogP contribution in [0.3, 0.4) is 0 Å². The number of hydrogen-bond donors (Lipinski definition) is 1. The second kappa shape index (κ2) is 7.42. The van der Waals surface area contributed by atoms with Crippen molar-refractivity contribution < 1.29 is 9.59 Å². The Bertz CT molecular complexity index is 667. The van der Waals surface area contributed by atoms with E-state index in [2.05, 4.69) is 5.32 Å². The Morgan fingerprint density at radius 3 is 2.41 bits per heavy atom. The van der Waals surface area contributed by atoms with Crippen LogP contribution in [0.4, 0.5) is 0 Å². The molecule has 0 unspecified atom stereocenters. The standard InChI is InChI=1S/C16H17ClN2O2S/c1-11(20)18-9-12-3-5-13(6-4-12)16(21)19(2)10-14-7-8-15(17)22-14/h3-8H,9-10H2,1-2H3,(H,18,20). The SMILES string of the molecule is CC(=O)NCc1ccc(C(=O)N(C)Cc2ccc(Cl)s2)cc1. The van der Waals surface area contributed by atoms with Crippen LogP contribution in [-0.2, 0) is 17.9 Å². The van der Waals surface area contributed by atoms with E-state index in [1.807, 2.05) is 24.3 Å². The molecule has 2 rings (SSSR count). The molecular weight excluding hydrogens is 320 g/mol. The summed E-state index contributed by atoms with van der Waals surface area (Å²) in [5.41, 5.74) is 1.58. The zero-order valence-electron chi connectivity index (χ0n) is 12.4. The molecule has 22 heavy (non-hydrogen) atoms. The van der Waals surface area contributed by atoms with E-state index in [4.69, 9.17) is 11.6 Å². The molecule has 0 aliphatic rings. The second-order valence-electron chi connectivity index (χ2n) is 4.97. The molecule has 1 aromatic heterocycles. The maximum absolute atomic E-state index is 12.4. The fraction of sp³-hybridized carbons (Fsp3) is 0.250. The minimum Gasteiger partial charge on any atom is -0.352 e. The van der Waals surface area contributed by atoms with E-state index in [-0.39, 0.29) is 11.8 Å². The van der Waals surface area contributed by atoms with E-state index in [9.17, 15) is 9.59 Å². The molecule has 1 aromatic carbocycles. The van der Waals surface area contributed by atoms with E-state index in [0.717, 1.165) is 14.8 Å². The molecule has 116 valence electrons. The fourth-order valence-electron chi connectivity index (χ4n) is 1.95. The molecule has 0 radical (unpaired) electrons. The molecule has 0 fully saturated rings. The summed E-state index contributed by atoms with van der Waals surface area (Å²) in [6.45, 7) is 2.47. The summed E-state index contributed by atoms with van der Waals surface area (Å²) < 4.78 is 0.721. The summed E-state index contributed by atoms with van der Waals surface area (Å²) >= 11 is 7.37. The number of carbonyl (C=O) groups is 2. The molecule has 2 aromatic rings. The van der Waals surface area contributed by atoms with Gasteiger partial charge in [0.1, 0.15) is 0 Å². The molecule has 4 nitrogen and oxygen atoms in total. The third kappa shape index (κ3) is 4.58. The molecule has 0 saturated carbocycles. The lowest BCUT2D eigenvalue weighted by molar-refractivity contribution is -0.119. The zero-order valence-corrected chi connectivity index (χ0v) is 14.0. The molecule has 2 amide bonds. The monoisotopic (exact) mass is 336 g/mol. The molecule has 0 saturated heterocycles. The summed E-state index contributed by atoms with van der Waals surface area (Å²) in [5, 5.41) is 2.72. The first-order valence-electron chi connectivity index (χ1n) is 6.79. The Kier molecular flexibility index (Phi) is 5.57. The van der Waals surface area contributed by atoms with Crippen molar-refractivity contribution in [3.63, 3.8) is 0 Å². The third-order valence-corrected chi connectivity index (χ3v) is 4.33. The first kappa shape index (κ1) is 16.5. The van der Waals surface area contributed by atoms with E-state index in [1.54, 1.807) is 24.1 Å². The van der Waals surface area contributed by atoms with Gasteiger partial charge in [-0.1, -0.05) is 23.7 Å². The van der Waals surface area contributed by atoms with E-state index in [0.29, 0.717) is 18.7 Å². The maximum Gasteiger partial charge on any atom is 0.253 e. The molecule has 0 atom stereocenters. The highest BCUT2D eigenvalue weighted by Crippen LogP contribution is 2.22. The van der Waals surface area contributed by atoms with Crippen LogP contribution in [0.5, 0.6) is 0 Å². The molecule has 1 N–H and O–H groups in total. The minimum atomic E-state index is -0.0745. The average molecular weight is 337 g/mol. The van der Waals surface area contributed by atoms with Crippen LogP contribution in [0.1, 0.15) is 27.7 Å². The highest BCUT2D eigenvalue weighted by Gasteiger charge is 2.13. The van der Waals surface area contributed by atoms with Crippen molar-refractivity contribution >= 4 is 34.8 Å². The number of thiophene rings is 1. The number of nitrogens with zero attached hydrogens (tertiary/aromatic N) is 1. The lowest BCUT2D eigenvalue weighted by Crippen LogP contribution is -2.25. The molecule has 6 heteroatoms. The molecule has 0 aliphatic carbocycles. The smallest absolute Gasteiger partial charge is 0.253 e. The van der Waals surface area contributed by atoms with Crippen LogP contribution in [0.2, 0.25) is 4.34 Å². The lowest BCUT2D eigenvalue weighted by atomic mass is 10.1. The van der Waals surface area contributed by atoms with Gasteiger partial charge in [-0.25, -0.2) is 0 Å². The first-order chi connectivity index (χ1) is 10.5. The first-order valence-corrected chi connectivity index (χ1v) is 7.98. The molecule has 0 spiro atoms. The molecule has 1 heterocycles. The van der Waals surface area contributed by atoms with Crippen molar-refractivity contribution in [2.24, 2.45) is 0 Å². The van der Waals surface area contributed by atoms with Crippen molar-refractivity contribution in [2.45, 2.75) is 20.0 Å². The largest absolute Gasteiger partial charge is 0.352 e. The number of carbonyl (C=O) groups excluding carboxylic acids is 2. The van der Waals surface area contributed by atoms with Crippen molar-refractivity contribution in [2.75, 3.05) is 7.05 Å². The van der Waals surface area contributed by atoms with Gasteiger partial charge in [0.25, 0.3) is 5.91 Å². The fourth-order valence-corrected chi connectivity index (χ4v) is 3.10. The van der Waals surface area contributed by atoms with Gasteiger partial charge >= 0.3 is 0 Å². The highest BCUT2D eigenvalue weighted by atomic mass is 35.5. The van der Waals surface area contributed by atoms with Gasteiger partial charge in [0.05, 0.1) is 10.9 Å². The van der Waals surface area contributed by atoms with Gasteiger partial charge in [-0.05, 0) is 29.8 Å². The van der Waals surface area contributed by atoms with Crippen molar-refractivity contribution in [1.29, 1.82) is 0 Å². The summed E-state index contributed by atoms with van der Waals surface area (Å²) in [6.07, 6.45) is 0. The van der Waals surface area contributed by atoms with Gasteiger partial charge in [-0.15, -0.1) is 11.3 Å². The van der Waals surface area contributed by atoms with Gasteiger partial charge in [-0.2, -0.15) is 0 Å². The quantitative estimate of drug-likeness (QED) is 0.910. The van der Waals surface area contributed by atoms with E-state index >= 15 is 0 Å². The lowest BCUT2D eigenvalue weighted by Gasteiger charge is -2.16. The van der Waals surface area contributed by atoms with Crippen LogP contribution in [0.15, 0.2) is 36.4 Å². The summed E-state index contributed by atoms with van der Waals surface area (Å²) in [4.78, 5) is 25.9. The Morgan fingerprint density at radius 2 is 1.86 bits per heavy atom. The Hall–Kier alpha value is -1.85. The van der Waals surface area contributed by atoms with Crippen LogP contribution in [0.25, 0.3) is 0 Å². The number of nitrogens with one attached hydrogen (secondary N) is 1. The van der Waals surface area contributed by atoms with Crippen LogP contribution < -0.4 is 5.32 Å². The van der Waals surface area contributed by atoms with Crippen LogP contribution in [-0.4, -0.2) is 23.8 Å². The predicted molar refractivity (Wildman–Crippen MR) is 89.1 cm³/mol. The highest BCUT2D eigenvalue weighted by molar-refractivity contribution is 7.16. The number of hydrogen-bond acceptors (Lipinski definition) is 3. The second-order valence-corrected chi connectivity index (χ2v) is 6.77. The van der Waals surface area contributed by atoms with Crippen LogP contribution in [0, 0.1) is 0 Å². The topological polar surface area (TPSA) is 49.4 Å². The third-order valence-electron chi connectivity index (χ3n) is 3.11. The minimum absolute atomic E-state index is 0.0457. The van der Waals surface area contributed by atoms with Gasteiger partial charge in [0.2, 0.25) is 5.91 Å². The predicted octanol–water partition coefficient (Wildman–Crippen LogP) is 3.31. The molecule has 0 aliphatic heterocycles. The Labute approximate surface area is 138 Å². The summed E-state index contributed by atoms with van der Waals surface area (Å²) in [6, 6.07) is 11.0. The van der Waals surface area contributed by atoms with Gasteiger partial charge in [0.15, 0.2) is 0 Å². The number of halogens is 1. The van der Waals surface area contributed by atoms with Gasteiger partial charge in [-0.3, -0.25) is 9.59 Å². The van der Waals surface area contributed by atoms with Crippen molar-refractivity contribution in [3.05, 3.63) is 56.7 Å². The normalized spacial score (nSPS) is 10.3.